The fourth-order valence-corrected chi connectivity index (χ4v) is 5.42. The summed E-state index contributed by atoms with van der Waals surface area (Å²) in [7, 11) is 1.68. The molecule has 2 aliphatic heterocycles. The van der Waals surface area contributed by atoms with Crippen LogP contribution in [-0.2, 0) is 11.3 Å². The van der Waals surface area contributed by atoms with Crippen molar-refractivity contribution in [3.63, 3.8) is 0 Å². The predicted octanol–water partition coefficient (Wildman–Crippen LogP) is 4.11. The maximum atomic E-state index is 12.4. The smallest absolute Gasteiger partial charge is 0.321 e. The molecule has 5 rings (SSSR count). The fraction of sp³-hybridized carbons (Fsp3) is 0.370. The van der Waals surface area contributed by atoms with Crippen LogP contribution in [0.5, 0.6) is 17.5 Å². The molecule has 0 bridgehead atoms. The van der Waals surface area contributed by atoms with Crippen LogP contribution < -0.4 is 9.47 Å². The minimum absolute atomic E-state index is 0.174. The molecule has 3 atom stereocenters. The third-order valence-corrected chi connectivity index (χ3v) is 7.02. The highest BCUT2D eigenvalue weighted by Crippen LogP contribution is 2.42. The molecule has 3 aromatic rings. The third kappa shape index (κ3) is 4.75. The lowest BCUT2D eigenvalue weighted by Gasteiger charge is -2.39. The van der Waals surface area contributed by atoms with E-state index in [1.165, 1.54) is 11.1 Å². The van der Waals surface area contributed by atoms with Gasteiger partial charge in [0, 0.05) is 63.4 Å². The minimum atomic E-state index is 0.174. The molecular weight excluding hydrogens is 428 g/mol. The lowest BCUT2D eigenvalue weighted by atomic mass is 9.81. The van der Waals surface area contributed by atoms with E-state index in [9.17, 15) is 4.79 Å². The number of hydrogen-bond donors (Lipinski definition) is 0. The molecule has 0 unspecified atom stereocenters. The van der Waals surface area contributed by atoms with Crippen molar-refractivity contribution in [1.82, 2.24) is 19.8 Å². The molecule has 2 aliphatic rings. The molecule has 2 fully saturated rings. The van der Waals surface area contributed by atoms with Gasteiger partial charge in [-0.1, -0.05) is 24.3 Å². The van der Waals surface area contributed by atoms with Crippen molar-refractivity contribution in [2.45, 2.75) is 31.8 Å². The fourth-order valence-electron chi connectivity index (χ4n) is 5.42. The van der Waals surface area contributed by atoms with E-state index in [1.807, 2.05) is 24.3 Å². The first-order valence-electron chi connectivity index (χ1n) is 11.8. The lowest BCUT2D eigenvalue weighted by Crippen LogP contribution is -2.47. The van der Waals surface area contributed by atoms with Crippen LogP contribution in [0.4, 0.5) is 0 Å². The highest BCUT2D eigenvalue weighted by Gasteiger charge is 2.46. The van der Waals surface area contributed by atoms with E-state index in [4.69, 9.17) is 9.47 Å². The Hall–Kier alpha value is -3.45. The second kappa shape index (κ2) is 9.81. The number of fused-ring (bicyclic) bond motifs is 1. The van der Waals surface area contributed by atoms with E-state index >= 15 is 0 Å². The standard InChI is InChI=1S/C27H30N4O3/c1-19(32)31-18-24(21-7-9-22(33-2)10-8-21)25-17-30(14-11-26(25)31)16-20-5-3-6-23(15-20)34-27-28-12-4-13-29-27/h3-10,12-13,15,24-26H,11,14,16-18H2,1-2H3/t24-,25-,26-/m1/s1. The van der Waals surface area contributed by atoms with Crippen LogP contribution in [0.25, 0.3) is 0 Å². The van der Waals surface area contributed by atoms with E-state index in [1.54, 1.807) is 32.5 Å². The molecule has 1 amide bonds. The Morgan fingerprint density at radius 1 is 1.03 bits per heavy atom. The largest absolute Gasteiger partial charge is 0.497 e. The summed E-state index contributed by atoms with van der Waals surface area (Å²) in [4.78, 5) is 25.3. The van der Waals surface area contributed by atoms with Gasteiger partial charge in [-0.15, -0.1) is 0 Å². The first-order chi connectivity index (χ1) is 16.6. The molecule has 7 nitrogen and oxygen atoms in total. The number of hydrogen-bond acceptors (Lipinski definition) is 6. The number of ether oxygens (including phenoxy) is 2. The zero-order valence-corrected chi connectivity index (χ0v) is 19.6. The van der Waals surface area contributed by atoms with Crippen molar-refractivity contribution in [2.24, 2.45) is 5.92 Å². The summed E-state index contributed by atoms with van der Waals surface area (Å²) in [6.45, 7) is 5.24. The monoisotopic (exact) mass is 458 g/mol. The minimum Gasteiger partial charge on any atom is -0.497 e. The molecule has 176 valence electrons. The summed E-state index contributed by atoms with van der Waals surface area (Å²) < 4.78 is 11.2. The normalized spacial score (nSPS) is 22.3. The van der Waals surface area contributed by atoms with Gasteiger partial charge >= 0.3 is 6.01 Å². The number of nitrogens with zero attached hydrogens (tertiary/aromatic N) is 4. The number of piperidine rings is 1. The summed E-state index contributed by atoms with van der Waals surface area (Å²) in [6.07, 6.45) is 4.33. The molecule has 0 saturated carbocycles. The van der Waals surface area contributed by atoms with Gasteiger partial charge in [-0.2, -0.15) is 0 Å². The molecule has 1 aromatic heterocycles. The van der Waals surface area contributed by atoms with Crippen LogP contribution in [-0.4, -0.2) is 58.5 Å². The summed E-state index contributed by atoms with van der Waals surface area (Å²) in [5.41, 5.74) is 2.47. The second-order valence-corrected chi connectivity index (χ2v) is 9.09. The van der Waals surface area contributed by atoms with E-state index < -0.39 is 0 Å². The Bertz CT molecular complexity index is 1120. The van der Waals surface area contributed by atoms with Gasteiger partial charge < -0.3 is 14.4 Å². The van der Waals surface area contributed by atoms with Gasteiger partial charge in [-0.25, -0.2) is 9.97 Å². The SMILES string of the molecule is COc1ccc([C@H]2CN(C(C)=O)[C@@H]3CCN(Cc4cccc(Oc5ncccn5)c4)C[C@H]23)cc1. The number of carbonyl (C=O) groups excluding carboxylic acids is 1. The molecular formula is C27H30N4O3. The topological polar surface area (TPSA) is 67.8 Å². The summed E-state index contributed by atoms with van der Waals surface area (Å²) in [6, 6.07) is 18.9. The number of benzene rings is 2. The average molecular weight is 459 g/mol. The quantitative estimate of drug-likeness (QED) is 0.554. The first-order valence-corrected chi connectivity index (χ1v) is 11.8. The Morgan fingerprint density at radius 3 is 2.56 bits per heavy atom. The lowest BCUT2D eigenvalue weighted by molar-refractivity contribution is -0.130. The van der Waals surface area contributed by atoms with Crippen molar-refractivity contribution in [2.75, 3.05) is 26.7 Å². The molecule has 0 spiro atoms. The van der Waals surface area contributed by atoms with Crippen molar-refractivity contribution in [3.05, 3.63) is 78.1 Å². The van der Waals surface area contributed by atoms with Gasteiger partial charge in [0.1, 0.15) is 11.5 Å². The van der Waals surface area contributed by atoms with Crippen LogP contribution in [0, 0.1) is 5.92 Å². The van der Waals surface area contributed by atoms with Crippen LogP contribution in [0.15, 0.2) is 67.0 Å². The van der Waals surface area contributed by atoms with Crippen molar-refractivity contribution in [1.29, 1.82) is 0 Å². The van der Waals surface area contributed by atoms with Crippen molar-refractivity contribution in [3.8, 4) is 17.5 Å². The highest BCUT2D eigenvalue weighted by atomic mass is 16.5. The van der Waals surface area contributed by atoms with E-state index in [0.29, 0.717) is 23.9 Å². The molecule has 0 radical (unpaired) electrons. The van der Waals surface area contributed by atoms with Crippen LogP contribution >= 0.6 is 0 Å². The number of carbonyl (C=O) groups is 1. The second-order valence-electron chi connectivity index (χ2n) is 9.09. The Balaban J connectivity index is 1.31. The Labute approximate surface area is 200 Å². The maximum Gasteiger partial charge on any atom is 0.321 e. The number of likely N-dealkylation sites (tertiary alicyclic amines) is 2. The summed E-state index contributed by atoms with van der Waals surface area (Å²) in [5.74, 6) is 2.50. The Morgan fingerprint density at radius 2 is 1.82 bits per heavy atom. The Kier molecular flexibility index (Phi) is 6.45. The van der Waals surface area contributed by atoms with Crippen LogP contribution in [0.2, 0.25) is 0 Å². The predicted molar refractivity (Wildman–Crippen MR) is 129 cm³/mol. The summed E-state index contributed by atoms with van der Waals surface area (Å²) >= 11 is 0. The molecule has 0 aliphatic carbocycles. The van der Waals surface area contributed by atoms with Gasteiger partial charge in [-0.3, -0.25) is 9.69 Å². The number of amides is 1. The van der Waals surface area contributed by atoms with Gasteiger partial charge in [0.05, 0.1) is 7.11 Å². The number of rotatable bonds is 6. The van der Waals surface area contributed by atoms with Gasteiger partial charge in [-0.05, 0) is 47.9 Å². The molecule has 2 saturated heterocycles. The summed E-state index contributed by atoms with van der Waals surface area (Å²) in [5, 5.41) is 0. The van der Waals surface area contributed by atoms with Gasteiger partial charge in [0.2, 0.25) is 5.91 Å². The van der Waals surface area contributed by atoms with E-state index in [-0.39, 0.29) is 5.91 Å². The number of aromatic nitrogens is 2. The maximum absolute atomic E-state index is 12.4. The van der Waals surface area contributed by atoms with Crippen LogP contribution in [0.1, 0.15) is 30.4 Å². The molecule has 34 heavy (non-hydrogen) atoms. The average Bonchev–Trinajstić information content (AvgIpc) is 3.24. The third-order valence-electron chi connectivity index (χ3n) is 7.02. The first kappa shape index (κ1) is 22.3. The zero-order valence-electron chi connectivity index (χ0n) is 19.6. The molecule has 0 N–H and O–H groups in total. The van der Waals surface area contributed by atoms with Gasteiger partial charge in [0.15, 0.2) is 0 Å². The van der Waals surface area contributed by atoms with Crippen molar-refractivity contribution >= 4 is 5.91 Å². The van der Waals surface area contributed by atoms with E-state index in [2.05, 4.69) is 44.0 Å². The highest BCUT2D eigenvalue weighted by molar-refractivity contribution is 5.74. The van der Waals surface area contributed by atoms with Crippen LogP contribution in [0.3, 0.4) is 0 Å². The molecule has 2 aromatic carbocycles. The molecule has 3 heterocycles. The molecule has 7 heteroatoms. The zero-order chi connectivity index (χ0) is 23.5. The van der Waals surface area contributed by atoms with E-state index in [0.717, 1.165) is 44.1 Å². The number of methoxy groups -OCH3 is 1. The van der Waals surface area contributed by atoms with Gasteiger partial charge in [0.25, 0.3) is 0 Å². The van der Waals surface area contributed by atoms with Crippen molar-refractivity contribution < 1.29 is 14.3 Å².